The lowest BCUT2D eigenvalue weighted by Crippen LogP contribution is -2.13. The Balaban J connectivity index is 2.05. The van der Waals surface area contributed by atoms with Gasteiger partial charge < -0.3 is 15.6 Å². The molecule has 1 aromatic carbocycles. The summed E-state index contributed by atoms with van der Waals surface area (Å²) in [5.41, 5.74) is 7.38. The molecule has 118 valence electrons. The molecule has 0 saturated heterocycles. The number of benzene rings is 1. The van der Waals surface area contributed by atoms with Crippen molar-refractivity contribution >= 4 is 11.6 Å². The number of carbonyl (C=O) groups excluding carboxylic acids is 1. The highest BCUT2D eigenvalue weighted by atomic mass is 16.1. The molecule has 5 heteroatoms. The van der Waals surface area contributed by atoms with Crippen LogP contribution in [0.25, 0.3) is 0 Å². The van der Waals surface area contributed by atoms with Gasteiger partial charge in [-0.3, -0.25) is 4.79 Å². The van der Waals surface area contributed by atoms with Gasteiger partial charge in [-0.1, -0.05) is 26.0 Å². The van der Waals surface area contributed by atoms with E-state index >= 15 is 0 Å². The van der Waals surface area contributed by atoms with Gasteiger partial charge in [0, 0.05) is 37.0 Å². The Bertz CT molecular complexity index is 619. The van der Waals surface area contributed by atoms with Gasteiger partial charge in [-0.25, -0.2) is 4.98 Å². The molecule has 2 rings (SSSR count). The van der Waals surface area contributed by atoms with Crippen LogP contribution >= 0.6 is 0 Å². The maximum Gasteiger partial charge on any atom is 0.224 e. The van der Waals surface area contributed by atoms with Crippen LogP contribution in [0.4, 0.5) is 5.69 Å². The first-order valence-corrected chi connectivity index (χ1v) is 7.70. The maximum atomic E-state index is 11.8. The van der Waals surface area contributed by atoms with Crippen LogP contribution in [0.1, 0.15) is 44.0 Å². The number of hydrogen-bond donors (Lipinski definition) is 2. The molecule has 0 bridgehead atoms. The van der Waals surface area contributed by atoms with E-state index in [1.165, 1.54) is 0 Å². The average molecular weight is 300 g/mol. The van der Waals surface area contributed by atoms with Crippen LogP contribution in [0.15, 0.2) is 36.7 Å². The summed E-state index contributed by atoms with van der Waals surface area (Å²) in [6.45, 7) is 5.55. The molecular formula is C17H24N4O. The van der Waals surface area contributed by atoms with Crippen molar-refractivity contribution < 1.29 is 4.79 Å². The van der Waals surface area contributed by atoms with Crippen LogP contribution in [-0.2, 0) is 11.3 Å². The van der Waals surface area contributed by atoms with Gasteiger partial charge in [-0.2, -0.15) is 0 Å². The lowest BCUT2D eigenvalue weighted by Gasteiger charge is -2.12. The molecule has 1 amide bonds. The molecular weight excluding hydrogens is 276 g/mol. The predicted octanol–water partition coefficient (Wildman–Crippen LogP) is 2.73. The van der Waals surface area contributed by atoms with Gasteiger partial charge in [0.25, 0.3) is 0 Å². The number of anilines is 1. The van der Waals surface area contributed by atoms with Crippen LogP contribution in [0.2, 0.25) is 0 Å². The molecule has 0 radical (unpaired) electrons. The molecule has 0 aliphatic carbocycles. The first-order chi connectivity index (χ1) is 10.6. The molecule has 0 aliphatic heterocycles. The van der Waals surface area contributed by atoms with E-state index in [9.17, 15) is 4.79 Å². The molecule has 0 fully saturated rings. The van der Waals surface area contributed by atoms with Gasteiger partial charge in [-0.15, -0.1) is 0 Å². The van der Waals surface area contributed by atoms with E-state index in [0.29, 0.717) is 25.3 Å². The number of rotatable bonds is 7. The zero-order valence-electron chi connectivity index (χ0n) is 13.2. The molecule has 0 spiro atoms. The number of hydrogen-bond acceptors (Lipinski definition) is 3. The average Bonchev–Trinajstić information content (AvgIpc) is 2.94. The van der Waals surface area contributed by atoms with Crippen LogP contribution in [0.5, 0.6) is 0 Å². The first kappa shape index (κ1) is 16.2. The monoisotopic (exact) mass is 300 g/mol. The highest BCUT2D eigenvalue weighted by Crippen LogP contribution is 2.16. The molecule has 5 nitrogen and oxygen atoms in total. The zero-order chi connectivity index (χ0) is 15.9. The molecule has 2 aromatic rings. The number of imidazole rings is 1. The minimum atomic E-state index is 0.00750. The highest BCUT2D eigenvalue weighted by molar-refractivity contribution is 5.90. The van der Waals surface area contributed by atoms with Crippen molar-refractivity contribution in [1.29, 1.82) is 0 Å². The number of nitrogens with zero attached hydrogens (tertiary/aromatic N) is 2. The fourth-order valence-electron chi connectivity index (χ4n) is 2.39. The number of aromatic nitrogens is 2. The Hall–Kier alpha value is -2.14. The fourth-order valence-corrected chi connectivity index (χ4v) is 2.39. The largest absolute Gasteiger partial charge is 0.330 e. The number of amides is 1. The van der Waals surface area contributed by atoms with E-state index in [1.54, 1.807) is 0 Å². The molecule has 1 heterocycles. The Morgan fingerprint density at radius 2 is 2.23 bits per heavy atom. The quantitative estimate of drug-likeness (QED) is 0.825. The van der Waals surface area contributed by atoms with Crippen LogP contribution in [0, 0.1) is 0 Å². The smallest absolute Gasteiger partial charge is 0.224 e. The Morgan fingerprint density at radius 1 is 1.41 bits per heavy atom. The molecule has 3 N–H and O–H groups in total. The third-order valence-electron chi connectivity index (χ3n) is 3.44. The Kier molecular flexibility index (Phi) is 5.72. The van der Waals surface area contributed by atoms with Crippen molar-refractivity contribution in [1.82, 2.24) is 9.55 Å². The number of nitrogens with two attached hydrogens (primary N) is 1. The van der Waals surface area contributed by atoms with Crippen molar-refractivity contribution in [3.8, 4) is 0 Å². The second-order valence-corrected chi connectivity index (χ2v) is 5.71. The number of carbonyl (C=O) groups is 1. The van der Waals surface area contributed by atoms with Gasteiger partial charge in [0.15, 0.2) is 0 Å². The summed E-state index contributed by atoms with van der Waals surface area (Å²) < 4.78 is 2.14. The van der Waals surface area contributed by atoms with Crippen molar-refractivity contribution in [2.45, 2.75) is 39.2 Å². The summed E-state index contributed by atoms with van der Waals surface area (Å²) in [6.07, 6.45) is 4.98. The lowest BCUT2D eigenvalue weighted by atomic mass is 10.1. The molecule has 0 atom stereocenters. The van der Waals surface area contributed by atoms with Crippen LogP contribution < -0.4 is 11.1 Å². The SMILES string of the molecule is CC(C)c1nccn1Cc1cccc(NC(=O)CCCN)c1. The Labute approximate surface area is 131 Å². The minimum absolute atomic E-state index is 0.00750. The van der Waals surface area contributed by atoms with Gasteiger partial charge in [0.05, 0.1) is 0 Å². The summed E-state index contributed by atoms with van der Waals surface area (Å²) in [5.74, 6) is 1.46. The van der Waals surface area contributed by atoms with E-state index in [-0.39, 0.29) is 5.91 Å². The third kappa shape index (κ3) is 4.43. The van der Waals surface area contributed by atoms with Crippen LogP contribution in [-0.4, -0.2) is 22.0 Å². The minimum Gasteiger partial charge on any atom is -0.330 e. The summed E-state index contributed by atoms with van der Waals surface area (Å²) >= 11 is 0. The lowest BCUT2D eigenvalue weighted by molar-refractivity contribution is -0.116. The Morgan fingerprint density at radius 3 is 2.95 bits per heavy atom. The molecule has 0 aliphatic rings. The van der Waals surface area contributed by atoms with E-state index in [4.69, 9.17) is 5.73 Å². The standard InChI is InChI=1S/C17H24N4O/c1-13(2)17-19-9-10-21(17)12-14-5-3-6-15(11-14)20-16(22)7-4-8-18/h3,5-6,9-11,13H,4,7-8,12,18H2,1-2H3,(H,20,22). The van der Waals surface area contributed by atoms with Crippen molar-refractivity contribution in [3.63, 3.8) is 0 Å². The van der Waals surface area contributed by atoms with E-state index in [2.05, 4.69) is 34.8 Å². The van der Waals surface area contributed by atoms with E-state index in [0.717, 1.165) is 23.6 Å². The summed E-state index contributed by atoms with van der Waals surface area (Å²) in [5, 5.41) is 2.91. The van der Waals surface area contributed by atoms with Gasteiger partial charge >= 0.3 is 0 Å². The van der Waals surface area contributed by atoms with E-state index in [1.807, 2.05) is 30.6 Å². The second-order valence-electron chi connectivity index (χ2n) is 5.71. The van der Waals surface area contributed by atoms with Crippen molar-refractivity contribution in [3.05, 3.63) is 48.0 Å². The third-order valence-corrected chi connectivity index (χ3v) is 3.44. The zero-order valence-corrected chi connectivity index (χ0v) is 13.2. The summed E-state index contributed by atoms with van der Waals surface area (Å²) in [7, 11) is 0. The summed E-state index contributed by atoms with van der Waals surface area (Å²) in [6, 6.07) is 7.92. The second kappa shape index (κ2) is 7.75. The topological polar surface area (TPSA) is 72.9 Å². The van der Waals surface area contributed by atoms with Crippen LogP contribution in [0.3, 0.4) is 0 Å². The van der Waals surface area contributed by atoms with Gasteiger partial charge in [0.2, 0.25) is 5.91 Å². The van der Waals surface area contributed by atoms with Crippen molar-refractivity contribution in [2.24, 2.45) is 5.73 Å². The molecule has 0 saturated carbocycles. The summed E-state index contributed by atoms with van der Waals surface area (Å²) in [4.78, 5) is 16.2. The molecule has 1 aromatic heterocycles. The molecule has 22 heavy (non-hydrogen) atoms. The first-order valence-electron chi connectivity index (χ1n) is 7.70. The van der Waals surface area contributed by atoms with Gasteiger partial charge in [0.1, 0.15) is 5.82 Å². The van der Waals surface area contributed by atoms with Crippen molar-refractivity contribution in [2.75, 3.05) is 11.9 Å². The number of nitrogens with one attached hydrogen (secondary N) is 1. The predicted molar refractivity (Wildman–Crippen MR) is 88.8 cm³/mol. The van der Waals surface area contributed by atoms with Gasteiger partial charge in [-0.05, 0) is 30.7 Å². The molecule has 0 unspecified atom stereocenters. The van der Waals surface area contributed by atoms with E-state index < -0.39 is 0 Å². The maximum absolute atomic E-state index is 11.8. The normalized spacial score (nSPS) is 10.9. The fraction of sp³-hybridized carbons (Fsp3) is 0.412. The highest BCUT2D eigenvalue weighted by Gasteiger charge is 2.08.